The lowest BCUT2D eigenvalue weighted by molar-refractivity contribution is 0.436. The summed E-state index contributed by atoms with van der Waals surface area (Å²) < 4.78 is 0. The summed E-state index contributed by atoms with van der Waals surface area (Å²) in [5.74, 6) is 2.54. The highest BCUT2D eigenvalue weighted by molar-refractivity contribution is 5.56. The Morgan fingerprint density at radius 2 is 1.73 bits per heavy atom. The largest absolute Gasteiger partial charge is 0.356 e. The van der Waals surface area contributed by atoms with Gasteiger partial charge in [0, 0.05) is 30.5 Å². The van der Waals surface area contributed by atoms with Crippen molar-refractivity contribution in [1.82, 2.24) is 9.97 Å². The number of nitrogens with zero attached hydrogens (tertiary/aromatic N) is 3. The molecule has 22 heavy (non-hydrogen) atoms. The average molecular weight is 296 g/mol. The van der Waals surface area contributed by atoms with E-state index in [2.05, 4.69) is 59.4 Å². The molecule has 0 radical (unpaired) electrons. The highest BCUT2D eigenvalue weighted by atomic mass is 15.2. The standard InChI is InChI=1S/C18H24N4/c1-13-4-6-16(7-5-13)20-18-19-15(3)12-17(21-18)22-10-8-14(2)9-11-22/h4-7,12,14H,8-11H2,1-3H3,(H,19,20,21). The number of hydrogen-bond donors (Lipinski definition) is 1. The Balaban J connectivity index is 1.79. The van der Waals surface area contributed by atoms with Gasteiger partial charge < -0.3 is 10.2 Å². The molecule has 4 nitrogen and oxygen atoms in total. The molecule has 0 saturated carbocycles. The van der Waals surface area contributed by atoms with Crippen LogP contribution in [0.25, 0.3) is 0 Å². The molecule has 3 rings (SSSR count). The second-order valence-electron chi connectivity index (χ2n) is 6.35. The quantitative estimate of drug-likeness (QED) is 0.927. The summed E-state index contributed by atoms with van der Waals surface area (Å²) in [6.07, 6.45) is 2.48. The Morgan fingerprint density at radius 1 is 1.05 bits per heavy atom. The zero-order chi connectivity index (χ0) is 15.5. The molecular weight excluding hydrogens is 272 g/mol. The van der Waals surface area contributed by atoms with Crippen LogP contribution < -0.4 is 10.2 Å². The van der Waals surface area contributed by atoms with Crippen LogP contribution in [0.5, 0.6) is 0 Å². The molecule has 0 amide bonds. The Morgan fingerprint density at radius 3 is 2.41 bits per heavy atom. The van der Waals surface area contributed by atoms with Crippen molar-refractivity contribution in [1.29, 1.82) is 0 Å². The predicted molar refractivity (Wildman–Crippen MR) is 91.8 cm³/mol. The molecule has 1 aromatic carbocycles. The van der Waals surface area contributed by atoms with Crippen LogP contribution in [0.15, 0.2) is 30.3 Å². The third-order valence-corrected chi connectivity index (χ3v) is 4.26. The van der Waals surface area contributed by atoms with E-state index in [9.17, 15) is 0 Å². The van der Waals surface area contributed by atoms with Crippen LogP contribution in [0.2, 0.25) is 0 Å². The normalized spacial score (nSPS) is 15.9. The van der Waals surface area contributed by atoms with E-state index in [1.165, 1.54) is 18.4 Å². The third-order valence-electron chi connectivity index (χ3n) is 4.26. The van der Waals surface area contributed by atoms with Crippen molar-refractivity contribution in [3.05, 3.63) is 41.6 Å². The maximum atomic E-state index is 4.70. The van der Waals surface area contributed by atoms with Gasteiger partial charge in [-0.1, -0.05) is 24.6 Å². The molecule has 1 fully saturated rings. The lowest BCUT2D eigenvalue weighted by Gasteiger charge is -2.31. The molecule has 1 aliphatic rings. The molecule has 0 unspecified atom stereocenters. The van der Waals surface area contributed by atoms with E-state index >= 15 is 0 Å². The SMILES string of the molecule is Cc1ccc(Nc2nc(C)cc(N3CCC(C)CC3)n2)cc1. The van der Waals surface area contributed by atoms with Gasteiger partial charge in [-0.05, 0) is 44.7 Å². The van der Waals surface area contributed by atoms with Crippen molar-refractivity contribution in [2.45, 2.75) is 33.6 Å². The van der Waals surface area contributed by atoms with E-state index < -0.39 is 0 Å². The summed E-state index contributed by atoms with van der Waals surface area (Å²) in [6.45, 7) is 8.61. The van der Waals surface area contributed by atoms with Gasteiger partial charge in [0.25, 0.3) is 0 Å². The summed E-state index contributed by atoms with van der Waals surface area (Å²) in [5, 5.41) is 3.31. The van der Waals surface area contributed by atoms with Gasteiger partial charge in [0.1, 0.15) is 5.82 Å². The summed E-state index contributed by atoms with van der Waals surface area (Å²) in [6, 6.07) is 10.4. The van der Waals surface area contributed by atoms with Crippen molar-refractivity contribution in [3.8, 4) is 0 Å². The molecule has 0 aliphatic carbocycles. The molecule has 1 saturated heterocycles. The van der Waals surface area contributed by atoms with Crippen molar-refractivity contribution >= 4 is 17.5 Å². The van der Waals surface area contributed by atoms with Crippen LogP contribution in [0, 0.1) is 19.8 Å². The second kappa shape index (κ2) is 6.34. The first-order chi connectivity index (χ1) is 10.6. The van der Waals surface area contributed by atoms with Crippen molar-refractivity contribution < 1.29 is 0 Å². The molecule has 1 aromatic heterocycles. The van der Waals surface area contributed by atoms with Crippen LogP contribution in [-0.2, 0) is 0 Å². The van der Waals surface area contributed by atoms with Crippen LogP contribution in [0.4, 0.5) is 17.5 Å². The first-order valence-electron chi connectivity index (χ1n) is 8.04. The Hall–Kier alpha value is -2.10. The van der Waals surface area contributed by atoms with Gasteiger partial charge >= 0.3 is 0 Å². The summed E-state index contributed by atoms with van der Waals surface area (Å²) in [5.41, 5.74) is 3.27. The van der Waals surface area contributed by atoms with Gasteiger partial charge in [-0.3, -0.25) is 0 Å². The molecule has 1 aliphatic heterocycles. The molecule has 0 atom stereocenters. The fraction of sp³-hybridized carbons (Fsp3) is 0.444. The first kappa shape index (κ1) is 14.8. The van der Waals surface area contributed by atoms with Crippen molar-refractivity contribution in [3.63, 3.8) is 0 Å². The third kappa shape index (κ3) is 3.56. The highest BCUT2D eigenvalue weighted by Gasteiger charge is 2.18. The maximum Gasteiger partial charge on any atom is 0.229 e. The number of anilines is 3. The monoisotopic (exact) mass is 296 g/mol. The molecular formula is C18H24N4. The second-order valence-corrected chi connectivity index (χ2v) is 6.35. The number of aromatic nitrogens is 2. The maximum absolute atomic E-state index is 4.70. The summed E-state index contributed by atoms with van der Waals surface area (Å²) >= 11 is 0. The smallest absolute Gasteiger partial charge is 0.229 e. The fourth-order valence-electron chi connectivity index (χ4n) is 2.77. The van der Waals surface area contributed by atoms with Crippen LogP contribution in [0.1, 0.15) is 31.0 Å². The molecule has 0 spiro atoms. The van der Waals surface area contributed by atoms with E-state index in [0.717, 1.165) is 36.2 Å². The Bertz CT molecular complexity index is 628. The van der Waals surface area contributed by atoms with Crippen LogP contribution in [0.3, 0.4) is 0 Å². The Kier molecular flexibility index (Phi) is 4.27. The Labute approximate surface area is 132 Å². The minimum atomic E-state index is 0.678. The van der Waals surface area contributed by atoms with E-state index in [-0.39, 0.29) is 0 Å². The average Bonchev–Trinajstić information content (AvgIpc) is 2.50. The number of aryl methyl sites for hydroxylation is 2. The van der Waals surface area contributed by atoms with Gasteiger partial charge in [0.05, 0.1) is 0 Å². The number of nitrogens with one attached hydrogen (secondary N) is 1. The number of hydrogen-bond acceptors (Lipinski definition) is 4. The van der Waals surface area contributed by atoms with Crippen LogP contribution >= 0.6 is 0 Å². The summed E-state index contributed by atoms with van der Waals surface area (Å²) in [4.78, 5) is 11.6. The number of rotatable bonds is 3. The van der Waals surface area contributed by atoms with E-state index in [4.69, 9.17) is 4.98 Å². The molecule has 2 heterocycles. The van der Waals surface area contributed by atoms with Crippen molar-refractivity contribution in [2.24, 2.45) is 5.92 Å². The zero-order valence-corrected chi connectivity index (χ0v) is 13.6. The van der Waals surface area contributed by atoms with Gasteiger partial charge in [0.2, 0.25) is 5.95 Å². The molecule has 0 bridgehead atoms. The topological polar surface area (TPSA) is 41.1 Å². The minimum absolute atomic E-state index is 0.678. The van der Waals surface area contributed by atoms with E-state index in [1.807, 2.05) is 6.92 Å². The lowest BCUT2D eigenvalue weighted by atomic mass is 9.99. The van der Waals surface area contributed by atoms with Crippen LogP contribution in [-0.4, -0.2) is 23.1 Å². The molecule has 4 heteroatoms. The molecule has 1 N–H and O–H groups in total. The number of benzene rings is 1. The van der Waals surface area contributed by atoms with E-state index in [0.29, 0.717) is 5.95 Å². The minimum Gasteiger partial charge on any atom is -0.356 e. The molecule has 2 aromatic rings. The predicted octanol–water partition coefficient (Wildman–Crippen LogP) is 4.07. The first-order valence-corrected chi connectivity index (χ1v) is 8.04. The highest BCUT2D eigenvalue weighted by Crippen LogP contribution is 2.23. The van der Waals surface area contributed by atoms with Gasteiger partial charge in [0.15, 0.2) is 0 Å². The number of piperidine rings is 1. The van der Waals surface area contributed by atoms with E-state index in [1.54, 1.807) is 0 Å². The lowest BCUT2D eigenvalue weighted by Crippen LogP contribution is -2.33. The van der Waals surface area contributed by atoms with Gasteiger partial charge in [-0.25, -0.2) is 4.98 Å². The zero-order valence-electron chi connectivity index (χ0n) is 13.6. The summed E-state index contributed by atoms with van der Waals surface area (Å²) in [7, 11) is 0. The molecule has 116 valence electrons. The van der Waals surface area contributed by atoms with Crippen molar-refractivity contribution in [2.75, 3.05) is 23.3 Å². The van der Waals surface area contributed by atoms with Gasteiger partial charge in [-0.15, -0.1) is 0 Å². The van der Waals surface area contributed by atoms with Gasteiger partial charge in [-0.2, -0.15) is 4.98 Å². The fourth-order valence-corrected chi connectivity index (χ4v) is 2.77.